The quantitative estimate of drug-likeness (QED) is 0.783. The van der Waals surface area contributed by atoms with E-state index in [4.69, 9.17) is 4.74 Å². The third-order valence-corrected chi connectivity index (χ3v) is 3.91. The van der Waals surface area contributed by atoms with Gasteiger partial charge in [-0.15, -0.1) is 0 Å². The molecule has 3 rings (SSSR count). The minimum Gasteiger partial charge on any atom is -0.491 e. The summed E-state index contributed by atoms with van der Waals surface area (Å²) in [6, 6.07) is 13.1. The van der Waals surface area contributed by atoms with Crippen LogP contribution in [0, 0.1) is 13.8 Å². The summed E-state index contributed by atoms with van der Waals surface area (Å²) in [6.07, 6.45) is 0.664. The lowest BCUT2D eigenvalue weighted by molar-refractivity contribution is 0.0911. The van der Waals surface area contributed by atoms with Gasteiger partial charge in [0.05, 0.1) is 23.8 Å². The topological polar surface area (TPSA) is 64.3 Å². The molecule has 0 aliphatic carbocycles. The Labute approximate surface area is 140 Å². The van der Waals surface area contributed by atoms with E-state index in [1.54, 1.807) is 18.2 Å². The number of hydrogen-bond acceptors (Lipinski definition) is 4. The van der Waals surface area contributed by atoms with Crippen LogP contribution >= 0.6 is 0 Å². The number of nitrogens with zero attached hydrogens (tertiary/aromatic N) is 2. The first-order chi connectivity index (χ1) is 11.5. The van der Waals surface area contributed by atoms with E-state index in [-0.39, 0.29) is 18.7 Å². The van der Waals surface area contributed by atoms with Gasteiger partial charge < -0.3 is 9.84 Å². The molecule has 1 atom stereocenters. The van der Waals surface area contributed by atoms with Crippen LogP contribution in [0.1, 0.15) is 11.1 Å². The number of benzene rings is 2. The van der Waals surface area contributed by atoms with Crippen LogP contribution in [-0.4, -0.2) is 27.4 Å². The summed E-state index contributed by atoms with van der Waals surface area (Å²) in [7, 11) is 0. The molecular weight excluding hydrogens is 304 g/mol. The standard InChI is InChI=1S/C19H20N2O3/c1-13-7-8-14(2)18(9-13)24-11-15(22)10-21-12-20-17-6-4-3-5-16(17)19(21)23/h3-9,12,15,22H,10-11H2,1-2H3/t15-/m1/s1. The highest BCUT2D eigenvalue weighted by molar-refractivity contribution is 5.76. The summed E-state index contributed by atoms with van der Waals surface area (Å²) in [5.41, 5.74) is 2.60. The maximum Gasteiger partial charge on any atom is 0.261 e. The molecule has 0 unspecified atom stereocenters. The molecule has 1 N–H and O–H groups in total. The van der Waals surface area contributed by atoms with E-state index in [0.29, 0.717) is 10.9 Å². The second-order valence-corrected chi connectivity index (χ2v) is 5.95. The Kier molecular flexibility index (Phi) is 4.62. The third kappa shape index (κ3) is 3.46. The number of para-hydroxylation sites is 1. The maximum atomic E-state index is 12.4. The van der Waals surface area contributed by atoms with E-state index in [1.165, 1.54) is 10.9 Å². The molecule has 0 bridgehead atoms. The molecule has 0 fully saturated rings. The molecule has 24 heavy (non-hydrogen) atoms. The van der Waals surface area contributed by atoms with Gasteiger partial charge in [0.2, 0.25) is 0 Å². The van der Waals surface area contributed by atoms with Crippen molar-refractivity contribution in [2.24, 2.45) is 0 Å². The zero-order valence-corrected chi connectivity index (χ0v) is 13.8. The fraction of sp³-hybridized carbons (Fsp3) is 0.263. The van der Waals surface area contributed by atoms with E-state index in [1.807, 2.05) is 38.1 Å². The van der Waals surface area contributed by atoms with Gasteiger partial charge in [-0.1, -0.05) is 24.3 Å². The average molecular weight is 324 g/mol. The van der Waals surface area contributed by atoms with Gasteiger partial charge in [0, 0.05) is 0 Å². The van der Waals surface area contributed by atoms with Crippen molar-refractivity contribution in [2.45, 2.75) is 26.5 Å². The summed E-state index contributed by atoms with van der Waals surface area (Å²) >= 11 is 0. The molecule has 2 aromatic carbocycles. The second kappa shape index (κ2) is 6.84. The molecule has 5 heteroatoms. The Morgan fingerprint density at radius 2 is 2.00 bits per heavy atom. The number of aromatic nitrogens is 2. The molecule has 1 aromatic heterocycles. The fourth-order valence-corrected chi connectivity index (χ4v) is 2.56. The minimum absolute atomic E-state index is 0.115. The van der Waals surface area contributed by atoms with Crippen molar-refractivity contribution in [1.82, 2.24) is 9.55 Å². The second-order valence-electron chi connectivity index (χ2n) is 5.95. The molecule has 1 heterocycles. The minimum atomic E-state index is -0.800. The van der Waals surface area contributed by atoms with Crippen molar-refractivity contribution >= 4 is 10.9 Å². The van der Waals surface area contributed by atoms with Gasteiger partial charge in [0.25, 0.3) is 5.56 Å². The highest BCUT2D eigenvalue weighted by Crippen LogP contribution is 2.19. The third-order valence-electron chi connectivity index (χ3n) is 3.91. The Morgan fingerprint density at radius 1 is 1.21 bits per heavy atom. The largest absolute Gasteiger partial charge is 0.491 e. The Balaban J connectivity index is 1.71. The first-order valence-corrected chi connectivity index (χ1v) is 7.87. The molecular formula is C19H20N2O3. The van der Waals surface area contributed by atoms with Crippen molar-refractivity contribution < 1.29 is 9.84 Å². The Bertz CT molecular complexity index is 918. The summed E-state index contributed by atoms with van der Waals surface area (Å²) < 4.78 is 7.11. The summed E-state index contributed by atoms with van der Waals surface area (Å²) in [5, 5.41) is 10.8. The smallest absolute Gasteiger partial charge is 0.261 e. The van der Waals surface area contributed by atoms with Crippen molar-refractivity contribution in [3.8, 4) is 5.75 Å². The number of aliphatic hydroxyl groups is 1. The van der Waals surface area contributed by atoms with Crippen LogP contribution in [0.5, 0.6) is 5.75 Å². The Hall–Kier alpha value is -2.66. The molecule has 3 aromatic rings. The van der Waals surface area contributed by atoms with E-state index >= 15 is 0 Å². The van der Waals surface area contributed by atoms with E-state index in [0.717, 1.165) is 16.9 Å². The van der Waals surface area contributed by atoms with Crippen LogP contribution < -0.4 is 10.3 Å². The number of aliphatic hydroxyl groups excluding tert-OH is 1. The lowest BCUT2D eigenvalue weighted by Gasteiger charge is -2.15. The fourth-order valence-electron chi connectivity index (χ4n) is 2.56. The number of aryl methyl sites for hydroxylation is 2. The zero-order valence-electron chi connectivity index (χ0n) is 13.8. The summed E-state index contributed by atoms with van der Waals surface area (Å²) in [4.78, 5) is 16.7. The number of rotatable bonds is 5. The average Bonchev–Trinajstić information content (AvgIpc) is 2.58. The molecule has 0 aliphatic rings. The number of hydrogen-bond donors (Lipinski definition) is 1. The van der Waals surface area contributed by atoms with Gasteiger partial charge in [-0.3, -0.25) is 9.36 Å². The van der Waals surface area contributed by atoms with Crippen LogP contribution in [0.3, 0.4) is 0 Å². The highest BCUT2D eigenvalue weighted by Gasteiger charge is 2.11. The van der Waals surface area contributed by atoms with Crippen molar-refractivity contribution in [2.75, 3.05) is 6.61 Å². The van der Waals surface area contributed by atoms with Gasteiger partial charge in [-0.2, -0.15) is 0 Å². The summed E-state index contributed by atoms with van der Waals surface area (Å²) in [5.74, 6) is 0.748. The molecule has 0 saturated heterocycles. The molecule has 0 amide bonds. The van der Waals surface area contributed by atoms with E-state index < -0.39 is 6.10 Å². The molecule has 0 spiro atoms. The highest BCUT2D eigenvalue weighted by atomic mass is 16.5. The van der Waals surface area contributed by atoms with Crippen molar-refractivity contribution in [1.29, 1.82) is 0 Å². The molecule has 0 saturated carbocycles. The van der Waals surface area contributed by atoms with Gasteiger partial charge in [0.15, 0.2) is 0 Å². The monoisotopic (exact) mass is 324 g/mol. The van der Waals surface area contributed by atoms with Crippen LogP contribution in [0.25, 0.3) is 10.9 Å². The van der Waals surface area contributed by atoms with Crippen molar-refractivity contribution in [3.63, 3.8) is 0 Å². The van der Waals surface area contributed by atoms with Crippen LogP contribution in [0.4, 0.5) is 0 Å². The first kappa shape index (κ1) is 16.2. The lowest BCUT2D eigenvalue weighted by Crippen LogP contribution is -2.30. The Morgan fingerprint density at radius 3 is 2.83 bits per heavy atom. The van der Waals surface area contributed by atoms with E-state index in [2.05, 4.69) is 4.98 Å². The van der Waals surface area contributed by atoms with Crippen LogP contribution in [0.2, 0.25) is 0 Å². The number of ether oxygens (including phenoxy) is 1. The van der Waals surface area contributed by atoms with Gasteiger partial charge in [-0.25, -0.2) is 4.98 Å². The van der Waals surface area contributed by atoms with Gasteiger partial charge in [-0.05, 0) is 43.2 Å². The zero-order chi connectivity index (χ0) is 17.1. The van der Waals surface area contributed by atoms with Crippen LogP contribution in [-0.2, 0) is 6.54 Å². The molecule has 124 valence electrons. The molecule has 0 radical (unpaired) electrons. The van der Waals surface area contributed by atoms with Gasteiger partial charge >= 0.3 is 0 Å². The van der Waals surface area contributed by atoms with Crippen molar-refractivity contribution in [3.05, 3.63) is 70.3 Å². The normalized spacial score (nSPS) is 12.3. The van der Waals surface area contributed by atoms with Crippen LogP contribution in [0.15, 0.2) is 53.6 Å². The van der Waals surface area contributed by atoms with E-state index in [9.17, 15) is 9.90 Å². The first-order valence-electron chi connectivity index (χ1n) is 7.87. The SMILES string of the molecule is Cc1ccc(C)c(OC[C@H](O)Cn2cnc3ccccc3c2=O)c1. The predicted molar refractivity (Wildman–Crippen MR) is 93.4 cm³/mol. The number of fused-ring (bicyclic) bond motifs is 1. The predicted octanol–water partition coefficient (Wildman–Crippen LogP) is 2.45. The summed E-state index contributed by atoms with van der Waals surface area (Å²) in [6.45, 7) is 4.20. The molecule has 0 aliphatic heterocycles. The molecule has 5 nitrogen and oxygen atoms in total. The lowest BCUT2D eigenvalue weighted by atomic mass is 10.1. The van der Waals surface area contributed by atoms with Gasteiger partial charge in [0.1, 0.15) is 18.5 Å². The maximum absolute atomic E-state index is 12.4.